The van der Waals surface area contributed by atoms with Gasteiger partial charge in [0.1, 0.15) is 5.71 Å². The molecule has 116 valence electrons. The molecule has 2 aliphatic rings. The molecule has 0 bridgehead atoms. The van der Waals surface area contributed by atoms with Crippen molar-refractivity contribution in [2.24, 2.45) is 11.0 Å². The van der Waals surface area contributed by atoms with Gasteiger partial charge in [0.2, 0.25) is 5.91 Å². The zero-order chi connectivity index (χ0) is 15.4. The van der Waals surface area contributed by atoms with Gasteiger partial charge in [-0.15, -0.1) is 0 Å². The molecule has 2 amide bonds. The van der Waals surface area contributed by atoms with Crippen LogP contribution in [0.5, 0.6) is 0 Å². The summed E-state index contributed by atoms with van der Waals surface area (Å²) in [5.41, 5.74) is 0.390. The molecule has 0 unspecified atom stereocenters. The minimum Gasteiger partial charge on any atom is -0.466 e. The van der Waals surface area contributed by atoms with Gasteiger partial charge < -0.3 is 9.64 Å². The van der Waals surface area contributed by atoms with Crippen molar-refractivity contribution in [2.45, 2.75) is 32.6 Å². The van der Waals surface area contributed by atoms with E-state index in [1.807, 2.05) is 0 Å². The molecule has 0 aromatic carbocycles. The van der Waals surface area contributed by atoms with Crippen molar-refractivity contribution in [3.8, 4) is 0 Å². The summed E-state index contributed by atoms with van der Waals surface area (Å²) in [4.78, 5) is 37.3. The van der Waals surface area contributed by atoms with Crippen LogP contribution < -0.4 is 0 Å². The van der Waals surface area contributed by atoms with Crippen molar-refractivity contribution < 1.29 is 19.1 Å². The van der Waals surface area contributed by atoms with Crippen molar-refractivity contribution in [3.05, 3.63) is 0 Å². The Bertz CT molecular complexity index is 475. The Kier molecular flexibility index (Phi) is 4.93. The van der Waals surface area contributed by atoms with Crippen LogP contribution in [0.4, 0.5) is 0 Å². The van der Waals surface area contributed by atoms with E-state index in [0.717, 1.165) is 12.8 Å². The van der Waals surface area contributed by atoms with E-state index < -0.39 is 0 Å². The van der Waals surface area contributed by atoms with Crippen LogP contribution in [0.2, 0.25) is 0 Å². The number of nitrogens with zero attached hydrogens (tertiary/aromatic N) is 3. The molecular weight excluding hydrogens is 274 g/mol. The lowest BCUT2D eigenvalue weighted by atomic mass is 9.97. The second-order valence-electron chi connectivity index (χ2n) is 5.31. The number of carbonyl (C=O) groups excluding carboxylic acids is 3. The van der Waals surface area contributed by atoms with Crippen molar-refractivity contribution in [1.82, 2.24) is 9.91 Å². The van der Waals surface area contributed by atoms with Gasteiger partial charge in [0.25, 0.3) is 5.91 Å². The quantitative estimate of drug-likeness (QED) is 0.706. The minimum absolute atomic E-state index is 0.0883. The average Bonchev–Trinajstić information content (AvgIpc) is 2.49. The number of ether oxygens (including phenoxy) is 1. The van der Waals surface area contributed by atoms with Crippen LogP contribution in [-0.2, 0) is 19.1 Å². The molecule has 21 heavy (non-hydrogen) atoms. The summed E-state index contributed by atoms with van der Waals surface area (Å²) < 4.78 is 5.03. The Balaban J connectivity index is 2.01. The van der Waals surface area contributed by atoms with E-state index in [1.165, 1.54) is 5.01 Å². The third-order valence-corrected chi connectivity index (χ3v) is 3.78. The Morgan fingerprint density at radius 3 is 2.81 bits per heavy atom. The maximum atomic E-state index is 12.4. The van der Waals surface area contributed by atoms with Gasteiger partial charge in [0.15, 0.2) is 0 Å². The fraction of sp³-hybridized carbons (Fsp3) is 0.714. The molecule has 0 radical (unpaired) electrons. The molecule has 1 atom stereocenters. The van der Waals surface area contributed by atoms with Gasteiger partial charge in [-0.2, -0.15) is 5.10 Å². The molecule has 2 heterocycles. The van der Waals surface area contributed by atoms with Crippen LogP contribution in [0.15, 0.2) is 5.10 Å². The number of esters is 1. The van der Waals surface area contributed by atoms with Gasteiger partial charge in [0, 0.05) is 33.0 Å². The Morgan fingerprint density at radius 1 is 1.38 bits per heavy atom. The number of hydrazone groups is 1. The van der Waals surface area contributed by atoms with Crippen LogP contribution in [0.1, 0.15) is 32.6 Å². The number of amides is 2. The zero-order valence-electron chi connectivity index (χ0n) is 12.5. The molecule has 7 heteroatoms. The molecule has 1 fully saturated rings. The summed E-state index contributed by atoms with van der Waals surface area (Å²) in [7, 11) is 1.55. The summed E-state index contributed by atoms with van der Waals surface area (Å²) in [6.45, 7) is 3.11. The third-order valence-electron chi connectivity index (χ3n) is 3.78. The van der Waals surface area contributed by atoms with Crippen LogP contribution in [0.3, 0.4) is 0 Å². The second kappa shape index (κ2) is 6.69. The summed E-state index contributed by atoms with van der Waals surface area (Å²) >= 11 is 0. The molecule has 7 nitrogen and oxygen atoms in total. The van der Waals surface area contributed by atoms with E-state index in [4.69, 9.17) is 4.74 Å². The zero-order valence-corrected chi connectivity index (χ0v) is 12.5. The van der Waals surface area contributed by atoms with Gasteiger partial charge >= 0.3 is 5.97 Å². The van der Waals surface area contributed by atoms with Gasteiger partial charge in [-0.05, 0) is 19.8 Å². The van der Waals surface area contributed by atoms with E-state index in [9.17, 15) is 14.4 Å². The molecule has 1 saturated heterocycles. The molecule has 0 saturated carbocycles. The van der Waals surface area contributed by atoms with Gasteiger partial charge in [-0.3, -0.25) is 14.4 Å². The fourth-order valence-corrected chi connectivity index (χ4v) is 2.62. The Labute approximate surface area is 123 Å². The standard InChI is InChI=1S/C14H21N3O4/c1-3-21-14(20)10-5-4-8-17(9-10)13(19)11-6-7-12(18)16(2)15-11/h10H,3-9H2,1-2H3/t10-/m0/s1. The first-order valence-corrected chi connectivity index (χ1v) is 7.33. The van der Waals surface area contributed by atoms with Crippen LogP contribution in [-0.4, -0.2) is 60.1 Å². The lowest BCUT2D eigenvalue weighted by molar-refractivity contribution is -0.150. The SMILES string of the molecule is CCOC(=O)[C@H]1CCCN(C(=O)C2=NN(C)C(=O)CC2)C1. The maximum absolute atomic E-state index is 12.4. The monoisotopic (exact) mass is 295 g/mol. The summed E-state index contributed by atoms with van der Waals surface area (Å²) in [6.07, 6.45) is 2.18. The van der Waals surface area contributed by atoms with E-state index in [1.54, 1.807) is 18.9 Å². The van der Waals surface area contributed by atoms with Gasteiger partial charge in [-0.25, -0.2) is 5.01 Å². The molecule has 0 spiro atoms. The van der Waals surface area contributed by atoms with E-state index >= 15 is 0 Å². The molecule has 0 aromatic heterocycles. The van der Waals surface area contributed by atoms with Gasteiger partial charge in [0.05, 0.1) is 12.5 Å². The number of hydrogen-bond acceptors (Lipinski definition) is 5. The van der Waals surface area contributed by atoms with Crippen LogP contribution in [0.25, 0.3) is 0 Å². The van der Waals surface area contributed by atoms with Crippen LogP contribution >= 0.6 is 0 Å². The van der Waals surface area contributed by atoms with E-state index in [-0.39, 0.29) is 23.7 Å². The lowest BCUT2D eigenvalue weighted by Crippen LogP contribution is -2.47. The molecule has 2 aliphatic heterocycles. The molecule has 0 aliphatic carbocycles. The average molecular weight is 295 g/mol. The maximum Gasteiger partial charge on any atom is 0.310 e. The predicted molar refractivity (Wildman–Crippen MR) is 75.4 cm³/mol. The number of piperidine rings is 1. The van der Waals surface area contributed by atoms with Crippen LogP contribution in [0, 0.1) is 5.92 Å². The van der Waals surface area contributed by atoms with E-state index in [0.29, 0.717) is 38.2 Å². The third kappa shape index (κ3) is 3.59. The molecule has 2 rings (SSSR count). The fourth-order valence-electron chi connectivity index (χ4n) is 2.62. The topological polar surface area (TPSA) is 79.3 Å². The normalized spacial score (nSPS) is 22.9. The highest BCUT2D eigenvalue weighted by molar-refractivity contribution is 6.39. The summed E-state index contributed by atoms with van der Waals surface area (Å²) in [5.74, 6) is -0.767. The van der Waals surface area contributed by atoms with Gasteiger partial charge in [-0.1, -0.05) is 0 Å². The molecule has 0 N–H and O–H groups in total. The lowest BCUT2D eigenvalue weighted by Gasteiger charge is -2.32. The minimum atomic E-state index is -0.258. The second-order valence-corrected chi connectivity index (χ2v) is 5.31. The Hall–Kier alpha value is -1.92. The number of likely N-dealkylation sites (tertiary alicyclic amines) is 1. The van der Waals surface area contributed by atoms with Crippen molar-refractivity contribution in [1.29, 1.82) is 0 Å². The molecular formula is C14H21N3O4. The number of hydrogen-bond donors (Lipinski definition) is 0. The highest BCUT2D eigenvalue weighted by Crippen LogP contribution is 2.19. The summed E-state index contributed by atoms with van der Waals surface area (Å²) in [6, 6.07) is 0. The Morgan fingerprint density at radius 2 is 2.14 bits per heavy atom. The summed E-state index contributed by atoms with van der Waals surface area (Å²) in [5, 5.41) is 5.25. The smallest absolute Gasteiger partial charge is 0.310 e. The first-order valence-electron chi connectivity index (χ1n) is 7.33. The predicted octanol–water partition coefficient (Wildman–Crippen LogP) is 0.396. The number of carbonyl (C=O) groups is 3. The van der Waals surface area contributed by atoms with E-state index in [2.05, 4.69) is 5.10 Å². The first-order chi connectivity index (χ1) is 10.0. The highest BCUT2D eigenvalue weighted by atomic mass is 16.5. The number of rotatable bonds is 3. The largest absolute Gasteiger partial charge is 0.466 e. The van der Waals surface area contributed by atoms with Crippen molar-refractivity contribution in [2.75, 3.05) is 26.7 Å². The highest BCUT2D eigenvalue weighted by Gasteiger charge is 2.32. The molecule has 0 aromatic rings. The first kappa shape index (κ1) is 15.5. The van der Waals surface area contributed by atoms with Crippen molar-refractivity contribution in [3.63, 3.8) is 0 Å². The van der Waals surface area contributed by atoms with Crippen molar-refractivity contribution >= 4 is 23.5 Å².